The first-order chi connectivity index (χ1) is 9.13. The molecule has 2 saturated carbocycles. The average molecular weight is 258 g/mol. The zero-order valence-corrected chi connectivity index (χ0v) is 12.0. The lowest BCUT2D eigenvalue weighted by molar-refractivity contribution is 0.202. The molecule has 2 aliphatic rings. The molecule has 0 aromatic heterocycles. The van der Waals surface area contributed by atoms with E-state index in [1.165, 1.54) is 44.3 Å². The maximum Gasteiger partial charge on any atom is 0.0509 e. The van der Waals surface area contributed by atoms with E-state index in [1.54, 1.807) is 0 Å². The molecule has 3 rings (SSSR count). The third-order valence-electron chi connectivity index (χ3n) is 4.41. The number of benzene rings is 1. The van der Waals surface area contributed by atoms with E-state index >= 15 is 0 Å². The van der Waals surface area contributed by atoms with Crippen molar-refractivity contribution in [1.29, 1.82) is 0 Å². The van der Waals surface area contributed by atoms with Crippen LogP contribution >= 0.6 is 0 Å². The van der Waals surface area contributed by atoms with Crippen LogP contribution < -0.4 is 5.73 Å². The maximum absolute atomic E-state index is 6.59. The number of hydrogen-bond acceptors (Lipinski definition) is 2. The molecular formula is C17H26N2. The number of nitrogens with two attached hydrogens (primary N) is 1. The van der Waals surface area contributed by atoms with Crippen LogP contribution in [-0.4, -0.2) is 24.5 Å². The van der Waals surface area contributed by atoms with Gasteiger partial charge in [0.05, 0.1) is 5.54 Å². The number of nitrogens with zero attached hydrogens (tertiary/aromatic N) is 1. The molecule has 0 aliphatic heterocycles. The summed E-state index contributed by atoms with van der Waals surface area (Å²) >= 11 is 0. The van der Waals surface area contributed by atoms with Gasteiger partial charge in [-0.1, -0.05) is 30.3 Å². The summed E-state index contributed by atoms with van der Waals surface area (Å²) in [6.07, 6.45) is 5.70. The molecule has 0 heterocycles. The van der Waals surface area contributed by atoms with Crippen LogP contribution in [0.2, 0.25) is 0 Å². The van der Waals surface area contributed by atoms with E-state index in [9.17, 15) is 0 Å². The van der Waals surface area contributed by atoms with Crippen molar-refractivity contribution in [3.63, 3.8) is 0 Å². The molecule has 0 spiro atoms. The van der Waals surface area contributed by atoms with Crippen molar-refractivity contribution < 1.29 is 0 Å². The summed E-state index contributed by atoms with van der Waals surface area (Å²) in [4.78, 5) is 2.63. The van der Waals surface area contributed by atoms with Gasteiger partial charge in [0.15, 0.2) is 0 Å². The van der Waals surface area contributed by atoms with Gasteiger partial charge in [-0.25, -0.2) is 0 Å². The van der Waals surface area contributed by atoms with Crippen LogP contribution in [-0.2, 0) is 5.54 Å². The van der Waals surface area contributed by atoms with Crippen LogP contribution in [0.1, 0.15) is 38.2 Å². The van der Waals surface area contributed by atoms with Crippen molar-refractivity contribution in [2.24, 2.45) is 17.6 Å². The fourth-order valence-corrected chi connectivity index (χ4v) is 2.91. The van der Waals surface area contributed by atoms with E-state index in [0.717, 1.165) is 18.4 Å². The van der Waals surface area contributed by atoms with E-state index in [-0.39, 0.29) is 5.54 Å². The lowest BCUT2D eigenvalue weighted by Gasteiger charge is -2.33. The Kier molecular flexibility index (Phi) is 3.64. The predicted octanol–water partition coefficient (Wildman–Crippen LogP) is 2.98. The molecule has 1 atom stereocenters. The Balaban J connectivity index is 1.64. The largest absolute Gasteiger partial charge is 0.321 e. The highest BCUT2D eigenvalue weighted by atomic mass is 15.2. The Morgan fingerprint density at radius 3 is 2.05 bits per heavy atom. The molecular weight excluding hydrogens is 232 g/mol. The van der Waals surface area contributed by atoms with Gasteiger partial charge < -0.3 is 10.6 Å². The fraction of sp³-hybridized carbons (Fsp3) is 0.647. The molecule has 0 bridgehead atoms. The second kappa shape index (κ2) is 5.26. The van der Waals surface area contributed by atoms with Gasteiger partial charge in [0.1, 0.15) is 0 Å². The third kappa shape index (κ3) is 3.80. The minimum absolute atomic E-state index is 0.231. The topological polar surface area (TPSA) is 29.3 Å². The van der Waals surface area contributed by atoms with Gasteiger partial charge in [-0.3, -0.25) is 0 Å². The van der Waals surface area contributed by atoms with Crippen LogP contribution in [0.3, 0.4) is 0 Å². The van der Waals surface area contributed by atoms with Crippen LogP contribution in [0, 0.1) is 11.8 Å². The van der Waals surface area contributed by atoms with Gasteiger partial charge in [-0.2, -0.15) is 0 Å². The first kappa shape index (κ1) is 13.1. The summed E-state index contributed by atoms with van der Waals surface area (Å²) in [5.41, 5.74) is 7.61. The summed E-state index contributed by atoms with van der Waals surface area (Å²) in [7, 11) is 0. The van der Waals surface area contributed by atoms with Crippen molar-refractivity contribution in [2.75, 3.05) is 19.6 Å². The van der Waals surface area contributed by atoms with Gasteiger partial charge in [0.2, 0.25) is 0 Å². The number of hydrogen-bond donors (Lipinski definition) is 1. The van der Waals surface area contributed by atoms with Crippen molar-refractivity contribution in [3.05, 3.63) is 35.9 Å². The molecule has 0 radical (unpaired) electrons. The molecule has 1 aromatic carbocycles. The van der Waals surface area contributed by atoms with Gasteiger partial charge in [-0.05, 0) is 50.0 Å². The third-order valence-corrected chi connectivity index (χ3v) is 4.41. The summed E-state index contributed by atoms with van der Waals surface area (Å²) in [5.74, 6) is 1.90. The monoisotopic (exact) mass is 258 g/mol. The minimum atomic E-state index is -0.231. The highest BCUT2D eigenvalue weighted by Crippen LogP contribution is 2.34. The number of rotatable bonds is 7. The van der Waals surface area contributed by atoms with Crippen molar-refractivity contribution in [1.82, 2.24) is 4.90 Å². The standard InChI is InChI=1S/C17H26N2/c1-17(18,16-5-3-2-4-6-16)13-19(11-14-7-8-14)12-15-9-10-15/h2-6,14-15H,7-13,18H2,1H3. The quantitative estimate of drug-likeness (QED) is 0.814. The van der Waals surface area contributed by atoms with Crippen molar-refractivity contribution in [2.45, 2.75) is 38.1 Å². The normalized spacial score (nSPS) is 22.5. The summed E-state index contributed by atoms with van der Waals surface area (Å²) < 4.78 is 0. The van der Waals surface area contributed by atoms with Gasteiger partial charge in [0, 0.05) is 19.6 Å². The Morgan fingerprint density at radius 2 is 1.58 bits per heavy atom. The van der Waals surface area contributed by atoms with E-state index in [4.69, 9.17) is 5.73 Å². The summed E-state index contributed by atoms with van der Waals surface area (Å²) in [6.45, 7) is 5.69. The van der Waals surface area contributed by atoms with E-state index in [0.29, 0.717) is 0 Å². The van der Waals surface area contributed by atoms with Gasteiger partial charge in [-0.15, -0.1) is 0 Å². The van der Waals surface area contributed by atoms with Crippen LogP contribution in [0.4, 0.5) is 0 Å². The first-order valence-corrected chi connectivity index (χ1v) is 7.70. The molecule has 2 nitrogen and oxygen atoms in total. The van der Waals surface area contributed by atoms with Gasteiger partial charge >= 0.3 is 0 Å². The Bertz CT molecular complexity index is 391. The zero-order valence-electron chi connectivity index (χ0n) is 12.0. The molecule has 2 heteroatoms. The predicted molar refractivity (Wildman–Crippen MR) is 79.9 cm³/mol. The SMILES string of the molecule is CC(N)(CN(CC1CC1)CC1CC1)c1ccccc1. The summed E-state index contributed by atoms with van der Waals surface area (Å²) in [5, 5.41) is 0. The van der Waals surface area contributed by atoms with Crippen LogP contribution in [0.15, 0.2) is 30.3 Å². The zero-order chi connectivity index (χ0) is 13.3. The maximum atomic E-state index is 6.59. The molecule has 1 unspecified atom stereocenters. The second-order valence-corrected chi connectivity index (χ2v) is 6.86. The van der Waals surface area contributed by atoms with Gasteiger partial charge in [0.25, 0.3) is 0 Å². The van der Waals surface area contributed by atoms with Crippen LogP contribution in [0.5, 0.6) is 0 Å². The van der Waals surface area contributed by atoms with E-state index < -0.39 is 0 Å². The molecule has 0 saturated heterocycles. The molecule has 2 aliphatic carbocycles. The smallest absolute Gasteiger partial charge is 0.0509 e. The van der Waals surface area contributed by atoms with Crippen molar-refractivity contribution >= 4 is 0 Å². The Hall–Kier alpha value is -0.860. The molecule has 19 heavy (non-hydrogen) atoms. The highest BCUT2D eigenvalue weighted by molar-refractivity contribution is 5.23. The molecule has 104 valence electrons. The van der Waals surface area contributed by atoms with Crippen molar-refractivity contribution in [3.8, 4) is 0 Å². The Morgan fingerprint density at radius 1 is 1.05 bits per heavy atom. The molecule has 1 aromatic rings. The lowest BCUT2D eigenvalue weighted by atomic mass is 9.92. The molecule has 0 amide bonds. The lowest BCUT2D eigenvalue weighted by Crippen LogP contribution is -2.46. The molecule has 2 N–H and O–H groups in total. The van der Waals surface area contributed by atoms with E-state index in [1.807, 2.05) is 0 Å². The Labute approximate surface area is 117 Å². The van der Waals surface area contributed by atoms with E-state index in [2.05, 4.69) is 42.2 Å². The average Bonchev–Trinajstić information content (AvgIpc) is 3.26. The fourth-order valence-electron chi connectivity index (χ4n) is 2.91. The summed E-state index contributed by atoms with van der Waals surface area (Å²) in [6, 6.07) is 10.6. The highest BCUT2D eigenvalue weighted by Gasteiger charge is 2.32. The first-order valence-electron chi connectivity index (χ1n) is 7.70. The second-order valence-electron chi connectivity index (χ2n) is 6.86. The van der Waals surface area contributed by atoms with Crippen LogP contribution in [0.25, 0.3) is 0 Å². The minimum Gasteiger partial charge on any atom is -0.321 e. The molecule has 2 fully saturated rings.